The molecule has 0 radical (unpaired) electrons. The summed E-state index contributed by atoms with van der Waals surface area (Å²) in [5.41, 5.74) is 5.69. The second-order valence-corrected chi connectivity index (χ2v) is 6.58. The number of hydrazone groups is 1. The van der Waals surface area contributed by atoms with Crippen LogP contribution in [0.15, 0.2) is 65.9 Å². The van der Waals surface area contributed by atoms with Crippen molar-refractivity contribution in [3.8, 4) is 11.5 Å². The minimum atomic E-state index is -0.440. The predicted molar refractivity (Wildman–Crippen MR) is 113 cm³/mol. The van der Waals surface area contributed by atoms with Gasteiger partial charge in [-0.25, -0.2) is 10.4 Å². The van der Waals surface area contributed by atoms with Crippen LogP contribution < -0.4 is 14.9 Å². The molecule has 0 aliphatic heterocycles. The third-order valence-corrected chi connectivity index (χ3v) is 4.39. The standard InChI is InChI=1S/C22H20ClN3O3/c1-15-5-7-16(8-6-15)14-29-19-10-9-17(12-20(19)28-2)13-25-26-22(27)18-4-3-11-24-21(18)23/h3-13H,14H2,1-2H3,(H,26,27). The Bertz CT molecular complexity index is 1020. The summed E-state index contributed by atoms with van der Waals surface area (Å²) in [6.45, 7) is 2.48. The summed E-state index contributed by atoms with van der Waals surface area (Å²) in [5, 5.41) is 4.08. The molecular weight excluding hydrogens is 390 g/mol. The molecule has 0 saturated carbocycles. The van der Waals surface area contributed by atoms with Gasteiger partial charge < -0.3 is 9.47 Å². The predicted octanol–water partition coefficient (Wildman–Crippen LogP) is 4.39. The quantitative estimate of drug-likeness (QED) is 0.356. The van der Waals surface area contributed by atoms with Crippen molar-refractivity contribution in [3.63, 3.8) is 0 Å². The van der Waals surface area contributed by atoms with Gasteiger partial charge in [-0.05, 0) is 48.4 Å². The summed E-state index contributed by atoms with van der Waals surface area (Å²) in [6, 6.07) is 16.7. The van der Waals surface area contributed by atoms with Crippen LogP contribution in [0.25, 0.3) is 0 Å². The van der Waals surface area contributed by atoms with Crippen LogP contribution in [0.5, 0.6) is 11.5 Å². The molecule has 0 fully saturated rings. The molecule has 0 unspecified atom stereocenters. The van der Waals surface area contributed by atoms with E-state index in [1.165, 1.54) is 18.0 Å². The number of aromatic nitrogens is 1. The van der Waals surface area contributed by atoms with Crippen molar-refractivity contribution in [3.05, 3.63) is 88.2 Å². The maximum absolute atomic E-state index is 12.1. The summed E-state index contributed by atoms with van der Waals surface area (Å²) in [5.74, 6) is 0.753. The van der Waals surface area contributed by atoms with E-state index >= 15 is 0 Å². The topological polar surface area (TPSA) is 72.8 Å². The Morgan fingerprint density at radius 1 is 1.17 bits per heavy atom. The fourth-order valence-electron chi connectivity index (χ4n) is 2.51. The molecular formula is C22H20ClN3O3. The number of hydrogen-bond donors (Lipinski definition) is 1. The molecule has 0 spiro atoms. The molecule has 1 heterocycles. The van der Waals surface area contributed by atoms with Gasteiger partial charge in [0.2, 0.25) is 0 Å². The smallest absolute Gasteiger partial charge is 0.274 e. The van der Waals surface area contributed by atoms with E-state index < -0.39 is 5.91 Å². The van der Waals surface area contributed by atoms with Crippen molar-refractivity contribution in [2.45, 2.75) is 13.5 Å². The monoisotopic (exact) mass is 409 g/mol. The first-order valence-electron chi connectivity index (χ1n) is 8.87. The zero-order chi connectivity index (χ0) is 20.6. The van der Waals surface area contributed by atoms with Gasteiger partial charge in [-0.15, -0.1) is 0 Å². The molecule has 29 heavy (non-hydrogen) atoms. The molecule has 148 valence electrons. The number of carbonyl (C=O) groups excluding carboxylic acids is 1. The van der Waals surface area contributed by atoms with Crippen LogP contribution in [0.2, 0.25) is 5.15 Å². The highest BCUT2D eigenvalue weighted by Gasteiger charge is 2.09. The minimum Gasteiger partial charge on any atom is -0.493 e. The van der Waals surface area contributed by atoms with Crippen LogP contribution in [0.3, 0.4) is 0 Å². The maximum atomic E-state index is 12.1. The molecule has 0 aliphatic carbocycles. The minimum absolute atomic E-state index is 0.122. The second kappa shape index (κ2) is 9.71. The molecule has 2 aromatic carbocycles. The van der Waals surface area contributed by atoms with E-state index in [4.69, 9.17) is 21.1 Å². The van der Waals surface area contributed by atoms with E-state index in [9.17, 15) is 4.79 Å². The second-order valence-electron chi connectivity index (χ2n) is 6.23. The number of rotatable bonds is 7. The van der Waals surface area contributed by atoms with E-state index in [1.54, 1.807) is 31.4 Å². The molecule has 0 aliphatic rings. The lowest BCUT2D eigenvalue weighted by Gasteiger charge is -2.11. The molecule has 0 saturated heterocycles. The highest BCUT2D eigenvalue weighted by atomic mass is 35.5. The van der Waals surface area contributed by atoms with Crippen molar-refractivity contribution in [2.75, 3.05) is 7.11 Å². The number of methoxy groups -OCH3 is 1. The Labute approximate surface area is 174 Å². The van der Waals surface area contributed by atoms with E-state index in [1.807, 2.05) is 37.3 Å². The SMILES string of the molecule is COc1cc(C=NNC(=O)c2cccnc2Cl)ccc1OCc1ccc(C)cc1. The molecule has 1 amide bonds. The molecule has 0 atom stereocenters. The third kappa shape index (κ3) is 5.56. The zero-order valence-electron chi connectivity index (χ0n) is 16.1. The number of nitrogens with zero attached hydrogens (tertiary/aromatic N) is 2. The van der Waals surface area contributed by atoms with Gasteiger partial charge in [0.15, 0.2) is 11.5 Å². The van der Waals surface area contributed by atoms with Gasteiger partial charge in [0.1, 0.15) is 11.8 Å². The van der Waals surface area contributed by atoms with Crippen LogP contribution in [0, 0.1) is 6.92 Å². The van der Waals surface area contributed by atoms with Crippen LogP contribution in [-0.4, -0.2) is 24.2 Å². The lowest BCUT2D eigenvalue weighted by molar-refractivity contribution is 0.0955. The first kappa shape index (κ1) is 20.4. The number of nitrogens with one attached hydrogen (secondary N) is 1. The van der Waals surface area contributed by atoms with Gasteiger partial charge >= 0.3 is 0 Å². The van der Waals surface area contributed by atoms with E-state index in [0.29, 0.717) is 18.1 Å². The lowest BCUT2D eigenvalue weighted by Crippen LogP contribution is -2.18. The van der Waals surface area contributed by atoms with Gasteiger partial charge in [-0.2, -0.15) is 5.10 Å². The summed E-state index contributed by atoms with van der Waals surface area (Å²) in [4.78, 5) is 15.9. The average molecular weight is 410 g/mol. The number of hydrogen-bond acceptors (Lipinski definition) is 5. The van der Waals surface area contributed by atoms with Gasteiger partial charge in [0.25, 0.3) is 5.91 Å². The van der Waals surface area contributed by atoms with Gasteiger partial charge in [0, 0.05) is 6.20 Å². The normalized spacial score (nSPS) is 10.7. The van der Waals surface area contributed by atoms with Crippen molar-refractivity contribution >= 4 is 23.7 Å². The van der Waals surface area contributed by atoms with E-state index in [-0.39, 0.29) is 10.7 Å². The Balaban J connectivity index is 1.63. The number of aryl methyl sites for hydroxylation is 1. The van der Waals surface area contributed by atoms with Crippen LogP contribution >= 0.6 is 11.6 Å². The molecule has 6 nitrogen and oxygen atoms in total. The third-order valence-electron chi connectivity index (χ3n) is 4.09. The van der Waals surface area contributed by atoms with Crippen LogP contribution in [0.4, 0.5) is 0 Å². The highest BCUT2D eigenvalue weighted by Crippen LogP contribution is 2.28. The molecule has 0 bridgehead atoms. The van der Waals surface area contributed by atoms with Gasteiger partial charge in [0.05, 0.1) is 18.9 Å². The van der Waals surface area contributed by atoms with Crippen molar-refractivity contribution < 1.29 is 14.3 Å². The number of pyridine rings is 1. The number of amides is 1. The van der Waals surface area contributed by atoms with E-state index in [2.05, 4.69) is 15.5 Å². The summed E-state index contributed by atoms with van der Waals surface area (Å²) < 4.78 is 11.3. The Hall–Kier alpha value is -3.38. The van der Waals surface area contributed by atoms with Crippen LogP contribution in [0.1, 0.15) is 27.0 Å². The fraction of sp³-hybridized carbons (Fsp3) is 0.136. The maximum Gasteiger partial charge on any atom is 0.274 e. The van der Waals surface area contributed by atoms with Gasteiger partial charge in [-0.1, -0.05) is 41.4 Å². The van der Waals surface area contributed by atoms with Crippen molar-refractivity contribution in [1.29, 1.82) is 0 Å². The first-order chi connectivity index (χ1) is 14.1. The fourth-order valence-corrected chi connectivity index (χ4v) is 2.72. The molecule has 1 aromatic heterocycles. The molecule has 3 aromatic rings. The molecule has 7 heteroatoms. The number of carbonyl (C=O) groups is 1. The Morgan fingerprint density at radius 2 is 1.97 bits per heavy atom. The average Bonchev–Trinajstić information content (AvgIpc) is 2.74. The number of ether oxygens (including phenoxy) is 2. The van der Waals surface area contributed by atoms with Gasteiger partial charge in [-0.3, -0.25) is 4.79 Å². The summed E-state index contributed by atoms with van der Waals surface area (Å²) >= 11 is 5.90. The van der Waals surface area contributed by atoms with Crippen molar-refractivity contribution in [1.82, 2.24) is 10.4 Å². The Kier molecular flexibility index (Phi) is 6.81. The lowest BCUT2D eigenvalue weighted by atomic mass is 10.2. The summed E-state index contributed by atoms with van der Waals surface area (Å²) in [6.07, 6.45) is 3.02. The molecule has 3 rings (SSSR count). The first-order valence-corrected chi connectivity index (χ1v) is 9.25. The highest BCUT2D eigenvalue weighted by molar-refractivity contribution is 6.32. The zero-order valence-corrected chi connectivity index (χ0v) is 16.8. The summed E-state index contributed by atoms with van der Waals surface area (Å²) in [7, 11) is 1.57. The Morgan fingerprint density at radius 3 is 2.69 bits per heavy atom. The largest absolute Gasteiger partial charge is 0.493 e. The van der Waals surface area contributed by atoms with Crippen molar-refractivity contribution in [2.24, 2.45) is 5.10 Å². The van der Waals surface area contributed by atoms with Crippen LogP contribution in [-0.2, 0) is 6.61 Å². The van der Waals surface area contributed by atoms with E-state index in [0.717, 1.165) is 11.1 Å². The number of benzene rings is 2. The number of halogens is 1. The molecule has 1 N–H and O–H groups in total.